The first-order chi connectivity index (χ1) is 6.06. The second-order valence-corrected chi connectivity index (χ2v) is 4.00. The minimum Gasteiger partial charge on any atom is -0.397 e. The topological polar surface area (TPSA) is 38.9 Å². The molecule has 72 valence electrons. The lowest BCUT2D eigenvalue weighted by Crippen LogP contribution is -2.03. The summed E-state index contributed by atoms with van der Waals surface area (Å²) in [5.41, 5.74) is 5.88. The van der Waals surface area contributed by atoms with Crippen LogP contribution >= 0.6 is 38.5 Å². The van der Waals surface area contributed by atoms with Gasteiger partial charge in [0.2, 0.25) is 0 Å². The van der Waals surface area contributed by atoms with Gasteiger partial charge in [-0.2, -0.15) is 0 Å². The van der Waals surface area contributed by atoms with Crippen LogP contribution in [0.15, 0.2) is 6.07 Å². The fourth-order valence-electron chi connectivity index (χ4n) is 0.870. The summed E-state index contributed by atoms with van der Waals surface area (Å²) in [5.74, 6) is 0. The van der Waals surface area contributed by atoms with Crippen LogP contribution in [0, 0.1) is 3.70 Å². The maximum absolute atomic E-state index is 12.4. The molecule has 0 spiro atoms. The maximum atomic E-state index is 12.4. The van der Waals surface area contributed by atoms with Crippen molar-refractivity contribution in [3.05, 3.63) is 21.0 Å². The molecule has 1 aromatic heterocycles. The summed E-state index contributed by atoms with van der Waals surface area (Å²) in [6.45, 7) is 0. The first-order valence-corrected chi connectivity index (χ1v) is 5.55. The molecule has 13 heavy (non-hydrogen) atoms. The van der Waals surface area contributed by atoms with Crippen LogP contribution in [0.5, 0.6) is 0 Å². The fraction of sp³-hybridized carbons (Fsp3) is 0.286. The van der Waals surface area contributed by atoms with Crippen molar-refractivity contribution in [1.82, 2.24) is 4.98 Å². The van der Waals surface area contributed by atoms with E-state index in [2.05, 4.69) is 20.9 Å². The maximum Gasteiger partial charge on any atom is 0.282 e. The number of anilines is 1. The highest BCUT2D eigenvalue weighted by atomic mass is 127. The lowest BCUT2D eigenvalue weighted by molar-refractivity contribution is 0.146. The van der Waals surface area contributed by atoms with E-state index in [1.165, 1.54) is 0 Å². The number of nitrogens with zero attached hydrogens (tertiary/aromatic N) is 1. The molecule has 2 N–H and O–H groups in total. The molecule has 0 bridgehead atoms. The zero-order chi connectivity index (χ0) is 10.0. The Morgan fingerprint density at radius 3 is 2.69 bits per heavy atom. The van der Waals surface area contributed by atoms with E-state index in [4.69, 9.17) is 5.73 Å². The Hall–Kier alpha value is 0.0200. The third kappa shape index (κ3) is 2.49. The average Bonchev–Trinajstić information content (AvgIpc) is 2.08. The molecule has 0 atom stereocenters. The van der Waals surface area contributed by atoms with Crippen LogP contribution < -0.4 is 5.73 Å². The highest BCUT2D eigenvalue weighted by Crippen LogP contribution is 2.28. The van der Waals surface area contributed by atoms with Crippen molar-refractivity contribution >= 4 is 44.2 Å². The molecular weight excluding hydrogens is 357 g/mol. The summed E-state index contributed by atoms with van der Waals surface area (Å²) < 4.78 is 25.3. The van der Waals surface area contributed by atoms with Crippen molar-refractivity contribution in [2.24, 2.45) is 0 Å². The Morgan fingerprint density at radius 1 is 1.62 bits per heavy atom. The molecule has 6 heteroatoms. The molecule has 0 fully saturated rings. The monoisotopic (exact) mass is 362 g/mol. The van der Waals surface area contributed by atoms with Crippen molar-refractivity contribution in [3.63, 3.8) is 0 Å². The van der Waals surface area contributed by atoms with E-state index < -0.39 is 6.43 Å². The Balaban J connectivity index is 3.27. The summed E-state index contributed by atoms with van der Waals surface area (Å²) in [7, 11) is 0. The molecule has 0 amide bonds. The zero-order valence-electron chi connectivity index (χ0n) is 6.40. The second-order valence-electron chi connectivity index (χ2n) is 2.34. The number of alkyl halides is 3. The van der Waals surface area contributed by atoms with Crippen LogP contribution in [-0.4, -0.2) is 4.98 Å². The number of halogens is 4. The molecule has 0 saturated heterocycles. The quantitative estimate of drug-likeness (QED) is 0.499. The zero-order valence-corrected chi connectivity index (χ0v) is 10.1. The largest absolute Gasteiger partial charge is 0.397 e. The number of hydrogen-bond acceptors (Lipinski definition) is 2. The molecule has 0 unspecified atom stereocenters. The summed E-state index contributed by atoms with van der Waals surface area (Å²) in [6.07, 6.45) is -2.62. The Labute approximate surface area is 96.2 Å². The van der Waals surface area contributed by atoms with Crippen molar-refractivity contribution < 1.29 is 8.78 Å². The van der Waals surface area contributed by atoms with Crippen molar-refractivity contribution in [2.45, 2.75) is 11.8 Å². The van der Waals surface area contributed by atoms with Crippen molar-refractivity contribution in [1.29, 1.82) is 0 Å². The van der Waals surface area contributed by atoms with E-state index in [9.17, 15) is 8.78 Å². The number of hydrogen-bond donors (Lipinski definition) is 1. The van der Waals surface area contributed by atoms with Crippen LogP contribution in [0.2, 0.25) is 0 Å². The average molecular weight is 363 g/mol. The number of aromatic nitrogens is 1. The van der Waals surface area contributed by atoms with E-state index in [1.807, 2.05) is 22.6 Å². The molecule has 0 aliphatic heterocycles. The molecule has 0 aliphatic carbocycles. The molecule has 1 aromatic rings. The van der Waals surface area contributed by atoms with Gasteiger partial charge in [-0.1, -0.05) is 15.9 Å². The molecule has 1 heterocycles. The van der Waals surface area contributed by atoms with Gasteiger partial charge in [-0.3, -0.25) is 0 Å². The molecule has 0 aromatic carbocycles. The van der Waals surface area contributed by atoms with Gasteiger partial charge in [-0.15, -0.1) is 0 Å². The van der Waals surface area contributed by atoms with Gasteiger partial charge in [0.15, 0.2) is 0 Å². The van der Waals surface area contributed by atoms with Crippen LogP contribution in [-0.2, 0) is 5.33 Å². The van der Waals surface area contributed by atoms with Gasteiger partial charge in [0.05, 0.1) is 5.69 Å². The molecular formula is C7H6BrF2IN2. The second kappa shape index (κ2) is 4.50. The van der Waals surface area contributed by atoms with Gasteiger partial charge in [0, 0.05) is 5.33 Å². The lowest BCUT2D eigenvalue weighted by atomic mass is 10.2. The molecule has 1 rings (SSSR count). The van der Waals surface area contributed by atoms with Crippen LogP contribution in [0.25, 0.3) is 0 Å². The Kier molecular flexibility index (Phi) is 3.84. The number of pyridine rings is 1. The van der Waals surface area contributed by atoms with Gasteiger partial charge >= 0.3 is 0 Å². The van der Waals surface area contributed by atoms with E-state index >= 15 is 0 Å². The van der Waals surface area contributed by atoms with Crippen LogP contribution in [0.4, 0.5) is 14.5 Å². The van der Waals surface area contributed by atoms with Crippen molar-refractivity contribution in [2.75, 3.05) is 5.73 Å². The van der Waals surface area contributed by atoms with Gasteiger partial charge in [0.25, 0.3) is 6.43 Å². The predicted molar refractivity (Wildman–Crippen MR) is 59.0 cm³/mol. The van der Waals surface area contributed by atoms with E-state index in [0.717, 1.165) is 0 Å². The lowest BCUT2D eigenvalue weighted by Gasteiger charge is -2.08. The smallest absolute Gasteiger partial charge is 0.282 e. The molecule has 0 aliphatic rings. The third-order valence-corrected chi connectivity index (χ3v) is 2.65. The number of rotatable bonds is 2. The third-order valence-electron chi connectivity index (χ3n) is 1.49. The van der Waals surface area contributed by atoms with Gasteiger partial charge < -0.3 is 5.73 Å². The van der Waals surface area contributed by atoms with E-state index in [-0.39, 0.29) is 11.4 Å². The first kappa shape index (κ1) is 11.1. The highest BCUT2D eigenvalue weighted by Gasteiger charge is 2.16. The number of nitrogen functional groups attached to an aromatic ring is 1. The van der Waals surface area contributed by atoms with Crippen LogP contribution in [0.3, 0.4) is 0 Å². The SMILES string of the molecule is Nc1c(CBr)cc(I)nc1C(F)F. The van der Waals surface area contributed by atoms with E-state index in [1.54, 1.807) is 6.07 Å². The van der Waals surface area contributed by atoms with Crippen LogP contribution in [0.1, 0.15) is 17.7 Å². The molecule has 0 radical (unpaired) electrons. The Bertz CT molecular complexity index is 320. The summed E-state index contributed by atoms with van der Waals surface area (Å²) in [4.78, 5) is 3.67. The summed E-state index contributed by atoms with van der Waals surface area (Å²) >= 11 is 5.05. The molecule has 0 saturated carbocycles. The number of nitrogens with two attached hydrogens (primary N) is 1. The normalized spacial score (nSPS) is 10.8. The van der Waals surface area contributed by atoms with Gasteiger partial charge in [-0.25, -0.2) is 13.8 Å². The summed E-state index contributed by atoms with van der Waals surface area (Å²) in [5, 5.41) is 0.455. The minimum atomic E-state index is -2.62. The predicted octanol–water partition coefficient (Wildman–Crippen LogP) is 3.10. The minimum absolute atomic E-state index is 0.0762. The van der Waals surface area contributed by atoms with Gasteiger partial charge in [-0.05, 0) is 34.2 Å². The fourth-order valence-corrected chi connectivity index (χ4v) is 1.97. The van der Waals surface area contributed by atoms with Crippen molar-refractivity contribution in [3.8, 4) is 0 Å². The van der Waals surface area contributed by atoms with E-state index in [0.29, 0.717) is 14.6 Å². The highest BCUT2D eigenvalue weighted by molar-refractivity contribution is 14.1. The standard InChI is InChI=1S/C7H6BrF2IN2/c8-2-3-1-4(11)13-6(5(3)12)7(9)10/h1,7H,2,12H2. The summed E-state index contributed by atoms with van der Waals surface area (Å²) in [6, 6.07) is 1.68. The van der Waals surface area contributed by atoms with Gasteiger partial charge in [0.1, 0.15) is 9.39 Å². The first-order valence-electron chi connectivity index (χ1n) is 3.35. The molecule has 2 nitrogen and oxygen atoms in total. The Morgan fingerprint density at radius 2 is 2.23 bits per heavy atom.